The Morgan fingerprint density at radius 3 is 2.00 bits per heavy atom. The number of nitrogens with zero attached hydrogens (tertiary/aromatic N) is 1. The topological polar surface area (TPSA) is 21.5 Å². The largest absolute Gasteiger partial charge is 0.275 e. The maximum Gasteiger partial charge on any atom is 0.263 e. The van der Waals surface area contributed by atoms with Crippen LogP contribution in [0.2, 0.25) is 0 Å². The van der Waals surface area contributed by atoms with Crippen molar-refractivity contribution in [2.75, 3.05) is 0 Å². The van der Waals surface area contributed by atoms with Crippen molar-refractivity contribution in [2.24, 2.45) is 0 Å². The molecule has 1 aliphatic rings. The van der Waals surface area contributed by atoms with Gasteiger partial charge in [-0.3, -0.25) is 9.20 Å². The van der Waals surface area contributed by atoms with Crippen LogP contribution in [0.25, 0.3) is 76.9 Å². The Balaban J connectivity index is 1.37. The second kappa shape index (κ2) is 12.4. The number of benzene rings is 6. The second-order valence-electron chi connectivity index (χ2n) is 13.3. The Morgan fingerprint density at radius 2 is 1.27 bits per heavy atom. The molecule has 2 aromatic heterocycles. The summed E-state index contributed by atoms with van der Waals surface area (Å²) in [5, 5.41) is 4.77. The van der Waals surface area contributed by atoms with Gasteiger partial charge in [-0.15, -0.1) is 0 Å². The molecule has 0 radical (unpaired) electrons. The third kappa shape index (κ3) is 5.07. The third-order valence-corrected chi connectivity index (χ3v) is 10.3. The summed E-state index contributed by atoms with van der Waals surface area (Å²) in [5.74, 6) is 0. The first-order valence-electron chi connectivity index (χ1n) is 17.5. The van der Waals surface area contributed by atoms with Crippen LogP contribution in [0.4, 0.5) is 0 Å². The highest BCUT2D eigenvalue weighted by Gasteiger charge is 2.21. The molecule has 2 heterocycles. The number of hydrogen-bond donors (Lipinski definition) is 0. The van der Waals surface area contributed by atoms with Crippen molar-refractivity contribution >= 4 is 54.7 Å². The molecule has 8 aromatic rings. The van der Waals surface area contributed by atoms with Crippen molar-refractivity contribution in [1.82, 2.24) is 4.40 Å². The molecule has 0 amide bonds. The zero-order valence-corrected chi connectivity index (χ0v) is 28.3. The van der Waals surface area contributed by atoms with Gasteiger partial charge in [-0.05, 0) is 110 Å². The Kier molecular flexibility index (Phi) is 7.44. The lowest BCUT2D eigenvalue weighted by Crippen LogP contribution is -2.13. The number of aromatic nitrogens is 1. The average Bonchev–Trinajstić information content (AvgIpc) is 3.53. The van der Waals surface area contributed by atoms with E-state index in [-0.39, 0.29) is 5.56 Å². The molecule has 9 rings (SSSR count). The molecule has 0 N–H and O–H groups in total. The quantitative estimate of drug-likeness (QED) is 0.124. The molecule has 0 bridgehead atoms. The molecule has 0 spiro atoms. The molecule has 0 atom stereocenters. The van der Waals surface area contributed by atoms with Crippen molar-refractivity contribution in [2.45, 2.75) is 12.8 Å². The van der Waals surface area contributed by atoms with Gasteiger partial charge in [-0.25, -0.2) is 0 Å². The summed E-state index contributed by atoms with van der Waals surface area (Å²) in [6, 6.07) is 46.7. The van der Waals surface area contributed by atoms with E-state index in [4.69, 9.17) is 0 Å². The molecule has 1 aliphatic carbocycles. The summed E-state index contributed by atoms with van der Waals surface area (Å²) in [6.45, 7) is 8.65. The molecular formula is C49H35NO. The number of allylic oxidation sites excluding steroid dienone is 8. The fourth-order valence-corrected chi connectivity index (χ4v) is 7.86. The first-order chi connectivity index (χ1) is 25.1. The molecule has 6 aromatic carbocycles. The molecule has 242 valence electrons. The van der Waals surface area contributed by atoms with Crippen molar-refractivity contribution < 1.29 is 0 Å². The zero-order chi connectivity index (χ0) is 34.5. The van der Waals surface area contributed by atoms with Gasteiger partial charge in [0.1, 0.15) is 0 Å². The Labute approximate surface area is 297 Å². The molecule has 0 fully saturated rings. The molecule has 2 heteroatoms. The van der Waals surface area contributed by atoms with Crippen LogP contribution in [-0.2, 0) is 0 Å². The zero-order valence-electron chi connectivity index (χ0n) is 28.3. The molecule has 0 saturated heterocycles. The van der Waals surface area contributed by atoms with Crippen LogP contribution in [0.5, 0.6) is 0 Å². The van der Waals surface area contributed by atoms with Gasteiger partial charge < -0.3 is 0 Å². The summed E-state index contributed by atoms with van der Waals surface area (Å²) in [5.41, 5.74) is 12.7. The van der Waals surface area contributed by atoms with Crippen molar-refractivity contribution in [3.8, 4) is 22.3 Å². The van der Waals surface area contributed by atoms with Gasteiger partial charge in [0, 0.05) is 21.5 Å². The predicted octanol–water partition coefficient (Wildman–Crippen LogP) is 12.5. The van der Waals surface area contributed by atoms with Crippen LogP contribution >= 0.6 is 0 Å². The molecule has 0 aliphatic heterocycles. The number of hydrogen-bond acceptors (Lipinski definition) is 1. The van der Waals surface area contributed by atoms with Gasteiger partial charge in [-0.1, -0.05) is 141 Å². The van der Waals surface area contributed by atoms with Gasteiger partial charge in [-0.2, -0.15) is 0 Å². The van der Waals surface area contributed by atoms with Gasteiger partial charge in [0.2, 0.25) is 0 Å². The van der Waals surface area contributed by atoms with Crippen molar-refractivity contribution in [3.05, 3.63) is 204 Å². The van der Waals surface area contributed by atoms with E-state index in [0.29, 0.717) is 5.39 Å². The molecule has 0 unspecified atom stereocenters. The third-order valence-electron chi connectivity index (χ3n) is 10.3. The van der Waals surface area contributed by atoms with Crippen LogP contribution in [-0.4, -0.2) is 4.40 Å². The van der Waals surface area contributed by atoms with Gasteiger partial charge in [0.25, 0.3) is 5.56 Å². The van der Waals surface area contributed by atoms with Gasteiger partial charge in [0.15, 0.2) is 0 Å². The van der Waals surface area contributed by atoms with E-state index in [1.54, 1.807) is 0 Å². The van der Waals surface area contributed by atoms with Crippen LogP contribution in [0.3, 0.4) is 0 Å². The summed E-state index contributed by atoms with van der Waals surface area (Å²) < 4.78 is 1.93. The number of fused-ring (bicyclic) bond motifs is 5. The van der Waals surface area contributed by atoms with Crippen LogP contribution in [0.15, 0.2) is 182 Å². The Morgan fingerprint density at radius 1 is 0.608 bits per heavy atom. The number of rotatable bonds is 7. The van der Waals surface area contributed by atoms with E-state index in [9.17, 15) is 4.79 Å². The summed E-state index contributed by atoms with van der Waals surface area (Å²) in [6.07, 6.45) is 12.7. The minimum atomic E-state index is -0.00189. The van der Waals surface area contributed by atoms with E-state index < -0.39 is 0 Å². The van der Waals surface area contributed by atoms with Crippen molar-refractivity contribution in [3.63, 3.8) is 0 Å². The minimum absolute atomic E-state index is 0.00189. The highest BCUT2D eigenvalue weighted by atomic mass is 16.1. The molecule has 51 heavy (non-hydrogen) atoms. The molecule has 0 saturated carbocycles. The van der Waals surface area contributed by atoms with E-state index in [2.05, 4.69) is 135 Å². The average molecular weight is 654 g/mol. The molecular weight excluding hydrogens is 619 g/mol. The van der Waals surface area contributed by atoms with Gasteiger partial charge >= 0.3 is 0 Å². The monoisotopic (exact) mass is 653 g/mol. The van der Waals surface area contributed by atoms with E-state index in [1.807, 2.05) is 46.9 Å². The van der Waals surface area contributed by atoms with E-state index >= 15 is 0 Å². The highest BCUT2D eigenvalue weighted by Crippen LogP contribution is 2.42. The molecule has 2 nitrogen and oxygen atoms in total. The lowest BCUT2D eigenvalue weighted by Gasteiger charge is -2.15. The predicted molar refractivity (Wildman–Crippen MR) is 218 cm³/mol. The van der Waals surface area contributed by atoms with Crippen LogP contribution in [0.1, 0.15) is 29.5 Å². The number of pyridine rings is 1. The van der Waals surface area contributed by atoms with Crippen LogP contribution < -0.4 is 5.56 Å². The first kappa shape index (κ1) is 30.5. The second-order valence-corrected chi connectivity index (χ2v) is 13.3. The lowest BCUT2D eigenvalue weighted by molar-refractivity contribution is 1.04. The lowest BCUT2D eigenvalue weighted by atomic mass is 9.89. The SMILES string of the molecule is C=C/C=C(\C(=C)c1ccccc1)c1cc2c3cc(C4=CCCC=C4)ccc3c(=O)n3c4ccc(-c5ccccc5-c5ccccc5)cc4c(c1)c23. The maximum absolute atomic E-state index is 14.6. The maximum atomic E-state index is 14.6. The minimum Gasteiger partial charge on any atom is -0.275 e. The van der Waals surface area contributed by atoms with Gasteiger partial charge in [0.05, 0.1) is 11.0 Å². The van der Waals surface area contributed by atoms with E-state index in [0.717, 1.165) is 84.4 Å². The van der Waals surface area contributed by atoms with Crippen molar-refractivity contribution in [1.29, 1.82) is 0 Å². The summed E-state index contributed by atoms with van der Waals surface area (Å²) in [4.78, 5) is 14.6. The Bertz CT molecular complexity index is 2830. The summed E-state index contributed by atoms with van der Waals surface area (Å²) in [7, 11) is 0. The highest BCUT2D eigenvalue weighted by molar-refractivity contribution is 6.23. The fourth-order valence-electron chi connectivity index (χ4n) is 7.86. The first-order valence-corrected chi connectivity index (χ1v) is 17.5. The van der Waals surface area contributed by atoms with Crippen LogP contribution in [0, 0.1) is 0 Å². The normalized spacial score (nSPS) is 13.3. The van der Waals surface area contributed by atoms with E-state index in [1.165, 1.54) is 16.7 Å². The standard InChI is InChI=1S/C49H35NO/c1-3-15-39(32(2)33-16-7-4-8-17-33)38-30-45-43-28-36(34-18-9-5-10-19-34)24-26-42(43)49(51)50-47-27-25-37(29-44(47)46(31-38)48(45)50)41-23-14-13-22-40(41)35-20-11-6-12-21-35/h3-4,6-9,11-31H,1-2,5,10H2/b39-15+. The summed E-state index contributed by atoms with van der Waals surface area (Å²) >= 11 is 0. The Hall–Kier alpha value is -6.51. The smallest absolute Gasteiger partial charge is 0.263 e. The fraction of sp³-hybridized carbons (Fsp3) is 0.0408.